The molecule has 0 spiro atoms. The van der Waals surface area contributed by atoms with E-state index in [1.54, 1.807) is 37.3 Å². The van der Waals surface area contributed by atoms with Crippen molar-refractivity contribution < 1.29 is 22.4 Å². The van der Waals surface area contributed by atoms with Crippen LogP contribution in [0, 0.1) is 6.92 Å². The van der Waals surface area contributed by atoms with Gasteiger partial charge in [-0.2, -0.15) is 0 Å². The summed E-state index contributed by atoms with van der Waals surface area (Å²) in [5, 5.41) is 0.589. The van der Waals surface area contributed by atoms with Gasteiger partial charge >= 0.3 is 0 Å². The fourth-order valence-corrected chi connectivity index (χ4v) is 4.86. The molecule has 2 aromatic carbocycles. The Labute approximate surface area is 221 Å². The first-order chi connectivity index (χ1) is 17.7. The van der Waals surface area contributed by atoms with Crippen molar-refractivity contribution in [3.8, 4) is 5.75 Å². The van der Waals surface area contributed by atoms with Crippen LogP contribution in [0.4, 0.5) is 5.69 Å². The van der Waals surface area contributed by atoms with Gasteiger partial charge in [0.25, 0.3) is 0 Å². The highest BCUT2D eigenvalue weighted by Gasteiger charge is 2.24. The molecule has 0 saturated heterocycles. The number of furan rings is 1. The van der Waals surface area contributed by atoms with Gasteiger partial charge in [0.1, 0.15) is 11.5 Å². The minimum atomic E-state index is -3.48. The Balaban J connectivity index is 1.67. The number of anilines is 1. The quantitative estimate of drug-likeness (QED) is 0.177. The molecule has 3 aromatic rings. The predicted molar refractivity (Wildman–Crippen MR) is 150 cm³/mol. The van der Waals surface area contributed by atoms with Crippen LogP contribution >= 0.6 is 0 Å². The zero-order chi connectivity index (χ0) is 27.0. The lowest BCUT2D eigenvalue weighted by atomic mass is 10.00. The number of sulfonamides is 1. The average molecular weight is 529 g/mol. The molecule has 0 aliphatic carbocycles. The minimum absolute atomic E-state index is 0.176. The SMILES string of the molecule is CCCCN(CCCC)CCCOc1ccc(C(=O)c2c(C)oc3c(N(C)S(C)(=O)=O)cccc23)cc1. The summed E-state index contributed by atoms with van der Waals surface area (Å²) in [6.45, 7) is 10.1. The molecule has 0 saturated carbocycles. The molecule has 3 rings (SSSR count). The summed E-state index contributed by atoms with van der Waals surface area (Å²) >= 11 is 0. The Morgan fingerprint density at radius 2 is 1.57 bits per heavy atom. The van der Waals surface area contributed by atoms with Crippen LogP contribution in [0.5, 0.6) is 5.75 Å². The topological polar surface area (TPSA) is 80.1 Å². The normalized spacial score (nSPS) is 11.8. The number of benzene rings is 2. The van der Waals surface area contributed by atoms with Crippen molar-refractivity contribution in [3.63, 3.8) is 0 Å². The molecule has 0 aliphatic heterocycles. The maximum absolute atomic E-state index is 13.4. The number of rotatable bonds is 15. The van der Waals surface area contributed by atoms with E-state index in [0.717, 1.165) is 42.4 Å². The van der Waals surface area contributed by atoms with E-state index < -0.39 is 10.0 Å². The van der Waals surface area contributed by atoms with Gasteiger partial charge in [-0.3, -0.25) is 9.10 Å². The van der Waals surface area contributed by atoms with Crippen LogP contribution in [0.1, 0.15) is 67.6 Å². The standard InChI is InChI=1S/C29H40N2O5S/c1-6-8-18-31(19-9-7-2)20-11-21-35-24-16-14-23(15-17-24)28(32)27-22(3)36-29-25(27)12-10-13-26(29)30(4)37(5,33)34/h10,12-17H,6-9,11,18-21H2,1-5H3. The maximum Gasteiger partial charge on any atom is 0.232 e. The van der Waals surface area contributed by atoms with Crippen LogP contribution in [-0.4, -0.2) is 58.6 Å². The lowest BCUT2D eigenvalue weighted by Crippen LogP contribution is -2.28. The van der Waals surface area contributed by atoms with Gasteiger partial charge in [-0.15, -0.1) is 0 Å². The summed E-state index contributed by atoms with van der Waals surface area (Å²) in [6.07, 6.45) is 6.95. The third-order valence-corrected chi connectivity index (χ3v) is 7.79. The summed E-state index contributed by atoms with van der Waals surface area (Å²) in [6, 6.07) is 12.3. The minimum Gasteiger partial charge on any atom is -0.494 e. The van der Waals surface area contributed by atoms with E-state index in [4.69, 9.17) is 9.15 Å². The molecule has 0 atom stereocenters. The maximum atomic E-state index is 13.4. The Hall–Kier alpha value is -2.84. The second-order valence-corrected chi connectivity index (χ2v) is 11.5. The molecule has 0 aliphatic rings. The number of unbranched alkanes of at least 4 members (excludes halogenated alkanes) is 2. The fourth-order valence-electron chi connectivity index (χ4n) is 4.36. The van der Waals surface area contributed by atoms with Crippen LogP contribution in [-0.2, 0) is 10.0 Å². The van der Waals surface area contributed by atoms with Crippen molar-refractivity contribution in [2.45, 2.75) is 52.9 Å². The summed E-state index contributed by atoms with van der Waals surface area (Å²) in [7, 11) is -2.01. The van der Waals surface area contributed by atoms with E-state index in [9.17, 15) is 13.2 Å². The summed E-state index contributed by atoms with van der Waals surface area (Å²) in [4.78, 5) is 15.9. The molecule has 0 fully saturated rings. The van der Waals surface area contributed by atoms with Gasteiger partial charge in [-0.1, -0.05) is 38.8 Å². The molecule has 0 bridgehead atoms. The molecular formula is C29H40N2O5S. The summed E-state index contributed by atoms with van der Waals surface area (Å²) in [5.41, 5.74) is 1.73. The van der Waals surface area contributed by atoms with E-state index in [1.807, 2.05) is 12.1 Å². The van der Waals surface area contributed by atoms with Gasteiger partial charge in [0.2, 0.25) is 10.0 Å². The molecular weight excluding hydrogens is 488 g/mol. The van der Waals surface area contributed by atoms with Crippen LogP contribution in [0.15, 0.2) is 46.9 Å². The molecule has 202 valence electrons. The predicted octanol–water partition coefficient (Wildman–Crippen LogP) is 6.04. The number of hydrogen-bond acceptors (Lipinski definition) is 6. The van der Waals surface area contributed by atoms with Crippen molar-refractivity contribution in [1.82, 2.24) is 4.90 Å². The monoisotopic (exact) mass is 528 g/mol. The van der Waals surface area contributed by atoms with Crippen molar-refractivity contribution in [1.29, 1.82) is 0 Å². The third kappa shape index (κ3) is 7.36. The van der Waals surface area contributed by atoms with Crippen LogP contribution in [0.2, 0.25) is 0 Å². The molecule has 0 unspecified atom stereocenters. The molecule has 0 amide bonds. The van der Waals surface area contributed by atoms with Crippen molar-refractivity contribution in [3.05, 3.63) is 59.4 Å². The smallest absolute Gasteiger partial charge is 0.232 e. The number of carbonyl (C=O) groups is 1. The number of ketones is 1. The van der Waals surface area contributed by atoms with Gasteiger partial charge in [-0.05, 0) is 69.6 Å². The highest BCUT2D eigenvalue weighted by molar-refractivity contribution is 7.92. The van der Waals surface area contributed by atoms with E-state index in [-0.39, 0.29) is 5.78 Å². The zero-order valence-corrected chi connectivity index (χ0v) is 23.6. The second-order valence-electron chi connectivity index (χ2n) is 9.52. The van der Waals surface area contributed by atoms with Gasteiger partial charge in [0, 0.05) is 24.5 Å². The van der Waals surface area contributed by atoms with Crippen molar-refractivity contribution in [2.75, 3.05) is 43.8 Å². The fraction of sp³-hybridized carbons (Fsp3) is 0.483. The van der Waals surface area contributed by atoms with E-state index in [1.165, 1.54) is 32.7 Å². The van der Waals surface area contributed by atoms with Crippen LogP contribution < -0.4 is 9.04 Å². The van der Waals surface area contributed by atoms with E-state index in [2.05, 4.69) is 18.7 Å². The lowest BCUT2D eigenvalue weighted by molar-refractivity contribution is 0.103. The molecule has 1 aromatic heterocycles. The summed E-state index contributed by atoms with van der Waals surface area (Å²) < 4.78 is 37.1. The van der Waals surface area contributed by atoms with Gasteiger partial charge in [0.05, 0.1) is 24.1 Å². The Kier molecular flexibility index (Phi) is 10.2. The first kappa shape index (κ1) is 28.7. The zero-order valence-electron chi connectivity index (χ0n) is 22.7. The van der Waals surface area contributed by atoms with Gasteiger partial charge in [-0.25, -0.2) is 8.42 Å². The molecule has 8 heteroatoms. The van der Waals surface area contributed by atoms with Crippen LogP contribution in [0.25, 0.3) is 11.0 Å². The number of carbonyl (C=O) groups excluding carboxylic acids is 1. The first-order valence-corrected chi connectivity index (χ1v) is 15.0. The molecule has 7 nitrogen and oxygen atoms in total. The molecule has 0 N–H and O–H groups in total. The van der Waals surface area contributed by atoms with Crippen LogP contribution in [0.3, 0.4) is 0 Å². The number of ether oxygens (including phenoxy) is 1. The highest BCUT2D eigenvalue weighted by Crippen LogP contribution is 2.35. The number of fused-ring (bicyclic) bond motifs is 1. The average Bonchev–Trinajstić information content (AvgIpc) is 3.22. The number of hydrogen-bond donors (Lipinski definition) is 0. The van der Waals surface area contributed by atoms with Gasteiger partial charge in [0.15, 0.2) is 11.4 Å². The lowest BCUT2D eigenvalue weighted by Gasteiger charge is -2.21. The largest absolute Gasteiger partial charge is 0.494 e. The van der Waals surface area contributed by atoms with Crippen molar-refractivity contribution in [2.24, 2.45) is 0 Å². The van der Waals surface area contributed by atoms with E-state index in [0.29, 0.717) is 40.2 Å². The molecule has 37 heavy (non-hydrogen) atoms. The third-order valence-electron chi connectivity index (χ3n) is 6.59. The second kappa shape index (κ2) is 13.1. The Morgan fingerprint density at radius 3 is 2.16 bits per heavy atom. The Bertz CT molecular complexity index is 1270. The number of nitrogens with zero attached hydrogens (tertiary/aromatic N) is 2. The van der Waals surface area contributed by atoms with Crippen molar-refractivity contribution >= 4 is 32.5 Å². The molecule has 1 heterocycles. The Morgan fingerprint density at radius 1 is 0.946 bits per heavy atom. The molecule has 0 radical (unpaired) electrons. The number of aryl methyl sites for hydroxylation is 1. The highest BCUT2D eigenvalue weighted by atomic mass is 32.2. The summed E-state index contributed by atoms with van der Waals surface area (Å²) in [5.74, 6) is 1.01. The van der Waals surface area contributed by atoms with E-state index >= 15 is 0 Å². The number of para-hydroxylation sites is 1. The first-order valence-electron chi connectivity index (χ1n) is 13.1. The van der Waals surface area contributed by atoms with Gasteiger partial charge < -0.3 is 14.1 Å².